The van der Waals surface area contributed by atoms with Crippen molar-refractivity contribution < 1.29 is 27.0 Å². The Balaban J connectivity index is 2.76. The SMILES string of the molecule is COc1ccc(C(=N)N)cc1COCC(F)(F)C(F)F. The van der Waals surface area contributed by atoms with Crippen LogP contribution in [-0.2, 0) is 11.3 Å². The van der Waals surface area contributed by atoms with Gasteiger partial charge in [0.2, 0.25) is 0 Å². The van der Waals surface area contributed by atoms with E-state index < -0.39 is 19.0 Å². The molecule has 0 spiro atoms. The van der Waals surface area contributed by atoms with Crippen LogP contribution in [0.3, 0.4) is 0 Å². The van der Waals surface area contributed by atoms with E-state index in [-0.39, 0.29) is 12.4 Å². The fraction of sp³-hybridized carbons (Fsp3) is 0.417. The Morgan fingerprint density at radius 1 is 1.40 bits per heavy atom. The molecule has 8 heteroatoms. The van der Waals surface area contributed by atoms with Gasteiger partial charge in [-0.25, -0.2) is 8.78 Å². The van der Waals surface area contributed by atoms with Gasteiger partial charge in [-0.05, 0) is 18.2 Å². The third-order valence-electron chi connectivity index (χ3n) is 2.46. The summed E-state index contributed by atoms with van der Waals surface area (Å²) in [6.07, 6.45) is -3.78. The molecule has 1 rings (SSSR count). The third kappa shape index (κ3) is 4.09. The molecule has 0 aliphatic carbocycles. The number of nitrogens with two attached hydrogens (primary N) is 1. The number of hydrogen-bond donors (Lipinski definition) is 2. The van der Waals surface area contributed by atoms with Crippen LogP contribution >= 0.6 is 0 Å². The van der Waals surface area contributed by atoms with Crippen LogP contribution in [0.1, 0.15) is 11.1 Å². The molecule has 112 valence electrons. The van der Waals surface area contributed by atoms with Gasteiger partial charge in [0.25, 0.3) is 0 Å². The number of nitrogens with one attached hydrogen (secondary N) is 1. The van der Waals surface area contributed by atoms with Gasteiger partial charge in [0, 0.05) is 11.1 Å². The van der Waals surface area contributed by atoms with Crippen molar-refractivity contribution in [3.8, 4) is 5.75 Å². The Hall–Kier alpha value is -1.83. The van der Waals surface area contributed by atoms with Gasteiger partial charge in [0.05, 0.1) is 13.7 Å². The monoisotopic (exact) mass is 294 g/mol. The lowest BCUT2D eigenvalue weighted by Crippen LogP contribution is -2.32. The molecule has 0 unspecified atom stereocenters. The number of alkyl halides is 4. The van der Waals surface area contributed by atoms with E-state index in [4.69, 9.17) is 15.9 Å². The van der Waals surface area contributed by atoms with Crippen molar-refractivity contribution in [2.75, 3.05) is 13.7 Å². The van der Waals surface area contributed by atoms with Crippen LogP contribution in [0.15, 0.2) is 18.2 Å². The lowest BCUT2D eigenvalue weighted by atomic mass is 10.1. The molecule has 20 heavy (non-hydrogen) atoms. The van der Waals surface area contributed by atoms with Crippen molar-refractivity contribution in [1.82, 2.24) is 0 Å². The zero-order valence-corrected chi connectivity index (χ0v) is 10.6. The van der Waals surface area contributed by atoms with E-state index in [0.717, 1.165) is 0 Å². The van der Waals surface area contributed by atoms with Gasteiger partial charge < -0.3 is 15.2 Å². The van der Waals surface area contributed by atoms with Crippen LogP contribution in [-0.4, -0.2) is 31.9 Å². The molecule has 0 radical (unpaired) electrons. The first-order chi connectivity index (χ1) is 9.27. The highest BCUT2D eigenvalue weighted by Crippen LogP contribution is 2.25. The lowest BCUT2D eigenvalue weighted by molar-refractivity contribution is -0.168. The van der Waals surface area contributed by atoms with E-state index in [1.54, 1.807) is 0 Å². The van der Waals surface area contributed by atoms with Crippen molar-refractivity contribution in [3.05, 3.63) is 29.3 Å². The summed E-state index contributed by atoms with van der Waals surface area (Å²) in [5.74, 6) is -4.09. The van der Waals surface area contributed by atoms with E-state index in [0.29, 0.717) is 16.9 Å². The Labute approximate surface area is 113 Å². The summed E-state index contributed by atoms with van der Waals surface area (Å²) < 4.78 is 58.9. The number of nitrogen functional groups attached to an aromatic ring is 1. The molecular formula is C12H14F4N2O2. The third-order valence-corrected chi connectivity index (χ3v) is 2.46. The molecular weight excluding hydrogens is 280 g/mol. The molecule has 0 aliphatic rings. The van der Waals surface area contributed by atoms with Gasteiger partial charge in [-0.1, -0.05) is 0 Å². The number of hydrogen-bond acceptors (Lipinski definition) is 3. The fourth-order valence-corrected chi connectivity index (χ4v) is 1.42. The Morgan fingerprint density at radius 2 is 2.05 bits per heavy atom. The summed E-state index contributed by atoms with van der Waals surface area (Å²) in [6.45, 7) is -1.76. The summed E-state index contributed by atoms with van der Waals surface area (Å²) in [5, 5.41) is 7.27. The molecule has 0 saturated carbocycles. The number of rotatable bonds is 7. The van der Waals surface area contributed by atoms with Gasteiger partial charge in [0.1, 0.15) is 18.2 Å². The molecule has 0 bridgehead atoms. The van der Waals surface area contributed by atoms with E-state index in [2.05, 4.69) is 4.74 Å². The van der Waals surface area contributed by atoms with Crippen LogP contribution in [0.5, 0.6) is 5.75 Å². The zero-order valence-electron chi connectivity index (χ0n) is 10.6. The smallest absolute Gasteiger partial charge is 0.330 e. The quantitative estimate of drug-likeness (QED) is 0.461. The standard InChI is InChI=1S/C12H14F4N2O2/c1-19-9-3-2-7(10(17)18)4-8(9)5-20-6-12(15,16)11(13)14/h2-4,11H,5-6H2,1H3,(H3,17,18). The van der Waals surface area contributed by atoms with Gasteiger partial charge in [0.15, 0.2) is 0 Å². The Morgan fingerprint density at radius 3 is 2.55 bits per heavy atom. The van der Waals surface area contributed by atoms with Crippen LogP contribution in [0.25, 0.3) is 0 Å². The Kier molecular flexibility index (Phi) is 5.32. The molecule has 0 fully saturated rings. The average molecular weight is 294 g/mol. The molecule has 0 aliphatic heterocycles. The number of methoxy groups -OCH3 is 1. The van der Waals surface area contributed by atoms with Gasteiger partial charge >= 0.3 is 12.3 Å². The fourth-order valence-electron chi connectivity index (χ4n) is 1.42. The molecule has 1 aromatic carbocycles. The molecule has 4 nitrogen and oxygen atoms in total. The summed E-state index contributed by atoms with van der Waals surface area (Å²) in [4.78, 5) is 0. The van der Waals surface area contributed by atoms with E-state index >= 15 is 0 Å². The maximum Gasteiger partial charge on any atom is 0.330 e. The molecule has 0 atom stereocenters. The minimum absolute atomic E-state index is 0.216. The van der Waals surface area contributed by atoms with E-state index in [1.807, 2.05) is 0 Å². The first-order valence-electron chi connectivity index (χ1n) is 5.53. The lowest BCUT2D eigenvalue weighted by Gasteiger charge is -2.16. The second-order valence-electron chi connectivity index (χ2n) is 3.99. The first-order valence-corrected chi connectivity index (χ1v) is 5.53. The highest BCUT2D eigenvalue weighted by atomic mass is 19.3. The van der Waals surface area contributed by atoms with Gasteiger partial charge in [-0.3, -0.25) is 5.41 Å². The predicted molar refractivity (Wildman–Crippen MR) is 64.6 cm³/mol. The van der Waals surface area contributed by atoms with Crippen molar-refractivity contribution in [2.45, 2.75) is 19.0 Å². The van der Waals surface area contributed by atoms with Gasteiger partial charge in [-0.15, -0.1) is 0 Å². The largest absolute Gasteiger partial charge is 0.496 e. The van der Waals surface area contributed by atoms with Gasteiger partial charge in [-0.2, -0.15) is 8.78 Å². The van der Waals surface area contributed by atoms with Crippen LogP contribution in [0.4, 0.5) is 17.6 Å². The number of amidine groups is 1. The Bertz CT molecular complexity index is 481. The number of ether oxygens (including phenoxy) is 2. The van der Waals surface area contributed by atoms with Crippen molar-refractivity contribution in [3.63, 3.8) is 0 Å². The summed E-state index contributed by atoms with van der Waals surface area (Å²) in [7, 11) is 1.36. The molecule has 3 N–H and O–H groups in total. The summed E-state index contributed by atoms with van der Waals surface area (Å²) in [5.41, 5.74) is 5.98. The zero-order chi connectivity index (χ0) is 15.3. The maximum absolute atomic E-state index is 12.7. The minimum Gasteiger partial charge on any atom is -0.496 e. The topological polar surface area (TPSA) is 68.3 Å². The van der Waals surface area contributed by atoms with Crippen LogP contribution < -0.4 is 10.5 Å². The normalized spacial score (nSPS) is 11.7. The minimum atomic E-state index is -4.20. The van der Waals surface area contributed by atoms with Crippen molar-refractivity contribution in [1.29, 1.82) is 5.41 Å². The molecule has 0 saturated heterocycles. The average Bonchev–Trinajstić information content (AvgIpc) is 2.38. The predicted octanol–water partition coefficient (Wildman–Crippen LogP) is 2.40. The second-order valence-corrected chi connectivity index (χ2v) is 3.99. The summed E-state index contributed by atoms with van der Waals surface area (Å²) in [6, 6.07) is 4.42. The molecule has 1 aromatic rings. The van der Waals surface area contributed by atoms with Crippen LogP contribution in [0.2, 0.25) is 0 Å². The molecule has 0 heterocycles. The van der Waals surface area contributed by atoms with E-state index in [1.165, 1.54) is 25.3 Å². The van der Waals surface area contributed by atoms with Crippen LogP contribution in [0, 0.1) is 5.41 Å². The molecule has 0 aromatic heterocycles. The molecule has 0 amide bonds. The number of benzene rings is 1. The first kappa shape index (κ1) is 16.2. The van der Waals surface area contributed by atoms with E-state index in [9.17, 15) is 17.6 Å². The van der Waals surface area contributed by atoms with Crippen molar-refractivity contribution >= 4 is 5.84 Å². The summed E-state index contributed by atoms with van der Waals surface area (Å²) >= 11 is 0. The maximum atomic E-state index is 12.7. The second kappa shape index (κ2) is 6.56. The van der Waals surface area contributed by atoms with Crippen molar-refractivity contribution in [2.24, 2.45) is 5.73 Å². The number of halogens is 4. The highest BCUT2D eigenvalue weighted by molar-refractivity contribution is 5.95. The highest BCUT2D eigenvalue weighted by Gasteiger charge is 2.40.